The van der Waals surface area contributed by atoms with Crippen molar-refractivity contribution in [3.63, 3.8) is 0 Å². The molecule has 5 nitrogen and oxygen atoms in total. The first-order valence-electron chi connectivity index (χ1n) is 7.54. The van der Waals surface area contributed by atoms with Crippen LogP contribution in [0.5, 0.6) is 0 Å². The summed E-state index contributed by atoms with van der Waals surface area (Å²) in [5.74, 6) is -1.86. The molecule has 1 N–H and O–H groups in total. The standard InChI is InChI=1S/C17H16F2N2O3/c1-10-2-5-14(16(8-10)21(22)23)20-15-6-7-24-17(15)11-3-4-12(18)13(19)9-11/h2-5,8-9,15,17,20H,6-7H2,1H3. The Bertz CT molecular complexity index is 782. The molecule has 0 radical (unpaired) electrons. The van der Waals surface area contributed by atoms with E-state index >= 15 is 0 Å². The van der Waals surface area contributed by atoms with Crippen molar-refractivity contribution < 1.29 is 18.4 Å². The summed E-state index contributed by atoms with van der Waals surface area (Å²) in [6.07, 6.45) is 0.107. The molecule has 0 bridgehead atoms. The zero-order valence-electron chi connectivity index (χ0n) is 13.0. The first-order chi connectivity index (χ1) is 11.5. The van der Waals surface area contributed by atoms with Crippen LogP contribution in [0.15, 0.2) is 36.4 Å². The van der Waals surface area contributed by atoms with Crippen LogP contribution in [0.2, 0.25) is 0 Å². The Hall–Kier alpha value is -2.54. The smallest absolute Gasteiger partial charge is 0.292 e. The fraction of sp³-hybridized carbons (Fsp3) is 0.294. The monoisotopic (exact) mass is 334 g/mol. The van der Waals surface area contributed by atoms with E-state index in [1.807, 2.05) is 0 Å². The molecule has 7 heteroatoms. The van der Waals surface area contributed by atoms with Crippen LogP contribution < -0.4 is 5.32 Å². The minimum Gasteiger partial charge on any atom is -0.374 e. The van der Waals surface area contributed by atoms with Gasteiger partial charge in [-0.15, -0.1) is 0 Å². The molecule has 1 saturated heterocycles. The van der Waals surface area contributed by atoms with Gasteiger partial charge in [-0.25, -0.2) is 8.78 Å². The molecule has 126 valence electrons. The Morgan fingerprint density at radius 3 is 2.71 bits per heavy atom. The normalized spacial score (nSPS) is 20.1. The van der Waals surface area contributed by atoms with Gasteiger partial charge in [0, 0.05) is 12.7 Å². The third-order valence-corrected chi connectivity index (χ3v) is 4.05. The van der Waals surface area contributed by atoms with Crippen molar-refractivity contribution in [1.29, 1.82) is 0 Å². The Morgan fingerprint density at radius 1 is 1.21 bits per heavy atom. The number of aryl methyl sites for hydroxylation is 1. The largest absolute Gasteiger partial charge is 0.374 e. The Balaban J connectivity index is 1.87. The number of halogens is 2. The number of nitro benzene ring substituents is 1. The maximum absolute atomic E-state index is 13.5. The maximum atomic E-state index is 13.5. The van der Waals surface area contributed by atoms with Gasteiger partial charge in [-0.1, -0.05) is 12.1 Å². The first kappa shape index (κ1) is 16.3. The van der Waals surface area contributed by atoms with Crippen molar-refractivity contribution >= 4 is 11.4 Å². The zero-order valence-corrected chi connectivity index (χ0v) is 13.0. The van der Waals surface area contributed by atoms with Gasteiger partial charge in [-0.3, -0.25) is 10.1 Å². The van der Waals surface area contributed by atoms with Gasteiger partial charge in [0.1, 0.15) is 11.8 Å². The number of nitro groups is 1. The number of benzene rings is 2. The Kier molecular flexibility index (Phi) is 4.44. The van der Waals surface area contributed by atoms with Crippen LogP contribution >= 0.6 is 0 Å². The molecule has 1 aliphatic rings. The Labute approximate surface area is 137 Å². The molecule has 2 aromatic rings. The van der Waals surface area contributed by atoms with Crippen LogP contribution in [0.4, 0.5) is 20.2 Å². The summed E-state index contributed by atoms with van der Waals surface area (Å²) in [5.41, 5.74) is 1.64. The summed E-state index contributed by atoms with van der Waals surface area (Å²) < 4.78 is 32.2. The third kappa shape index (κ3) is 3.21. The number of hydrogen-bond donors (Lipinski definition) is 1. The summed E-state index contributed by atoms with van der Waals surface area (Å²) in [5, 5.41) is 14.3. The van der Waals surface area contributed by atoms with E-state index in [0.717, 1.165) is 17.7 Å². The maximum Gasteiger partial charge on any atom is 0.292 e. The fourth-order valence-electron chi connectivity index (χ4n) is 2.87. The highest BCUT2D eigenvalue weighted by Gasteiger charge is 2.31. The molecule has 0 saturated carbocycles. The van der Waals surface area contributed by atoms with Crippen LogP contribution in [0.25, 0.3) is 0 Å². The zero-order chi connectivity index (χ0) is 17.3. The number of ether oxygens (including phenoxy) is 1. The second kappa shape index (κ2) is 6.52. The molecule has 0 aromatic heterocycles. The van der Waals surface area contributed by atoms with Crippen molar-refractivity contribution in [1.82, 2.24) is 0 Å². The number of anilines is 1. The molecule has 0 spiro atoms. The van der Waals surface area contributed by atoms with Gasteiger partial charge in [-0.05, 0) is 42.7 Å². The van der Waals surface area contributed by atoms with Crippen LogP contribution in [0, 0.1) is 28.7 Å². The van der Waals surface area contributed by atoms with Gasteiger partial charge < -0.3 is 10.1 Å². The SMILES string of the molecule is Cc1ccc(NC2CCOC2c2ccc(F)c(F)c2)c([N+](=O)[O-])c1. The van der Waals surface area contributed by atoms with Crippen molar-refractivity contribution in [3.8, 4) is 0 Å². The van der Waals surface area contributed by atoms with Gasteiger partial charge in [0.15, 0.2) is 11.6 Å². The third-order valence-electron chi connectivity index (χ3n) is 4.05. The lowest BCUT2D eigenvalue weighted by atomic mass is 10.0. The summed E-state index contributed by atoms with van der Waals surface area (Å²) in [6.45, 7) is 2.21. The van der Waals surface area contributed by atoms with Gasteiger partial charge in [0.2, 0.25) is 0 Å². The van der Waals surface area contributed by atoms with Crippen molar-refractivity contribution in [2.45, 2.75) is 25.5 Å². The number of rotatable bonds is 4. The number of hydrogen-bond acceptors (Lipinski definition) is 4. The lowest BCUT2D eigenvalue weighted by Gasteiger charge is -2.21. The lowest BCUT2D eigenvalue weighted by molar-refractivity contribution is -0.384. The first-order valence-corrected chi connectivity index (χ1v) is 7.54. The molecule has 0 aliphatic carbocycles. The van der Waals surface area contributed by atoms with Crippen LogP contribution in [-0.2, 0) is 4.74 Å². The molecule has 2 atom stereocenters. The van der Waals surface area contributed by atoms with Crippen LogP contribution in [0.1, 0.15) is 23.7 Å². The molecule has 0 amide bonds. The highest BCUT2D eigenvalue weighted by Crippen LogP contribution is 2.34. The van der Waals surface area contributed by atoms with Gasteiger partial charge in [0.25, 0.3) is 5.69 Å². The van der Waals surface area contributed by atoms with Crippen molar-refractivity contribution in [2.24, 2.45) is 0 Å². The van der Waals surface area contributed by atoms with E-state index < -0.39 is 22.7 Å². The van der Waals surface area contributed by atoms with Crippen LogP contribution in [0.3, 0.4) is 0 Å². The lowest BCUT2D eigenvalue weighted by Crippen LogP contribution is -2.23. The van der Waals surface area contributed by atoms with E-state index in [1.54, 1.807) is 19.1 Å². The minimum atomic E-state index is -0.942. The van der Waals surface area contributed by atoms with E-state index in [0.29, 0.717) is 24.3 Å². The number of nitrogens with zero attached hydrogens (tertiary/aromatic N) is 1. The molecule has 2 unspecified atom stereocenters. The summed E-state index contributed by atoms with van der Waals surface area (Å²) in [4.78, 5) is 10.8. The Morgan fingerprint density at radius 2 is 2.00 bits per heavy atom. The average Bonchev–Trinajstić information content (AvgIpc) is 2.99. The van der Waals surface area contributed by atoms with E-state index in [2.05, 4.69) is 5.32 Å². The van der Waals surface area contributed by atoms with Gasteiger partial charge in [0.05, 0.1) is 11.0 Å². The summed E-state index contributed by atoms with van der Waals surface area (Å²) in [7, 11) is 0. The highest BCUT2D eigenvalue weighted by molar-refractivity contribution is 5.63. The van der Waals surface area contributed by atoms with Gasteiger partial charge >= 0.3 is 0 Å². The van der Waals surface area contributed by atoms with Gasteiger partial charge in [-0.2, -0.15) is 0 Å². The quantitative estimate of drug-likeness (QED) is 0.675. The van der Waals surface area contributed by atoms with E-state index in [-0.39, 0.29) is 11.7 Å². The molecule has 24 heavy (non-hydrogen) atoms. The molecule has 1 aliphatic heterocycles. The molecule has 1 fully saturated rings. The molecular weight excluding hydrogens is 318 g/mol. The van der Waals surface area contributed by atoms with Crippen molar-refractivity contribution in [2.75, 3.05) is 11.9 Å². The summed E-state index contributed by atoms with van der Waals surface area (Å²) >= 11 is 0. The number of nitrogens with one attached hydrogen (secondary N) is 1. The second-order valence-corrected chi connectivity index (χ2v) is 5.78. The molecule has 3 rings (SSSR count). The van der Waals surface area contributed by atoms with Crippen LogP contribution in [-0.4, -0.2) is 17.6 Å². The van der Waals surface area contributed by atoms with Crippen molar-refractivity contribution in [3.05, 3.63) is 69.3 Å². The average molecular weight is 334 g/mol. The molecular formula is C17H16F2N2O3. The predicted octanol–water partition coefficient (Wildman–Crippen LogP) is 4.12. The topological polar surface area (TPSA) is 64.4 Å². The second-order valence-electron chi connectivity index (χ2n) is 5.78. The van der Waals surface area contributed by atoms with E-state index in [9.17, 15) is 18.9 Å². The fourth-order valence-corrected chi connectivity index (χ4v) is 2.87. The molecule has 2 aromatic carbocycles. The highest BCUT2D eigenvalue weighted by atomic mass is 19.2. The predicted molar refractivity (Wildman–Crippen MR) is 84.9 cm³/mol. The van der Waals surface area contributed by atoms with E-state index in [4.69, 9.17) is 4.74 Å². The summed E-state index contributed by atoms with van der Waals surface area (Å²) in [6, 6.07) is 8.26. The minimum absolute atomic E-state index is 0.0223. The van der Waals surface area contributed by atoms with E-state index in [1.165, 1.54) is 12.1 Å². The molecule has 1 heterocycles.